The molecule has 0 radical (unpaired) electrons. The Labute approximate surface area is 159 Å². The van der Waals surface area contributed by atoms with E-state index in [0.29, 0.717) is 44.3 Å². The average molecular weight is 382 g/mol. The lowest BCUT2D eigenvalue weighted by Crippen LogP contribution is -2.43. The summed E-state index contributed by atoms with van der Waals surface area (Å²) in [7, 11) is 0. The van der Waals surface area contributed by atoms with E-state index in [-0.39, 0.29) is 23.5 Å². The Balaban J connectivity index is 1.97. The van der Waals surface area contributed by atoms with E-state index in [1.807, 2.05) is 18.7 Å². The number of carbonyl (C=O) groups excluding carboxylic acids is 2. The van der Waals surface area contributed by atoms with Gasteiger partial charge in [-0.25, -0.2) is 0 Å². The SMILES string of the molecule is CCCC(=O)N1CCC(C(=O)NC(CC)c2ccccc2OC(F)F)CC1. The second-order valence-electron chi connectivity index (χ2n) is 6.79. The van der Waals surface area contributed by atoms with E-state index in [0.717, 1.165) is 6.42 Å². The van der Waals surface area contributed by atoms with Gasteiger partial charge < -0.3 is 15.0 Å². The van der Waals surface area contributed by atoms with Crippen molar-refractivity contribution in [1.82, 2.24) is 10.2 Å². The fourth-order valence-electron chi connectivity index (χ4n) is 3.42. The van der Waals surface area contributed by atoms with E-state index in [1.165, 1.54) is 6.07 Å². The van der Waals surface area contributed by atoms with Crippen LogP contribution in [0.25, 0.3) is 0 Å². The van der Waals surface area contributed by atoms with Crippen LogP contribution in [0.1, 0.15) is 57.6 Å². The molecule has 1 atom stereocenters. The van der Waals surface area contributed by atoms with E-state index in [1.54, 1.807) is 18.2 Å². The molecule has 0 spiro atoms. The number of para-hydroxylation sites is 1. The maximum Gasteiger partial charge on any atom is 0.387 e. The molecule has 27 heavy (non-hydrogen) atoms. The maximum absolute atomic E-state index is 12.7. The molecule has 0 aliphatic carbocycles. The molecule has 1 aliphatic heterocycles. The van der Waals surface area contributed by atoms with Crippen molar-refractivity contribution in [3.8, 4) is 5.75 Å². The number of benzene rings is 1. The Morgan fingerprint density at radius 2 is 1.89 bits per heavy atom. The summed E-state index contributed by atoms with van der Waals surface area (Å²) >= 11 is 0. The lowest BCUT2D eigenvalue weighted by Gasteiger charge is -2.32. The molecule has 0 bridgehead atoms. The van der Waals surface area contributed by atoms with Crippen molar-refractivity contribution in [3.63, 3.8) is 0 Å². The molecule has 1 fully saturated rings. The zero-order chi connectivity index (χ0) is 19.8. The lowest BCUT2D eigenvalue weighted by atomic mass is 9.94. The molecular formula is C20H28F2N2O3. The summed E-state index contributed by atoms with van der Waals surface area (Å²) in [4.78, 5) is 26.4. The topological polar surface area (TPSA) is 58.6 Å². The quantitative estimate of drug-likeness (QED) is 0.742. The van der Waals surface area contributed by atoms with Crippen LogP contribution in [0.4, 0.5) is 8.78 Å². The molecule has 2 amide bonds. The number of amides is 2. The number of carbonyl (C=O) groups is 2. The molecule has 1 heterocycles. The Kier molecular flexibility index (Phi) is 8.00. The van der Waals surface area contributed by atoms with Gasteiger partial charge in [0.2, 0.25) is 11.8 Å². The van der Waals surface area contributed by atoms with Gasteiger partial charge in [0.15, 0.2) is 0 Å². The molecule has 1 unspecified atom stereocenters. The van der Waals surface area contributed by atoms with Crippen molar-refractivity contribution < 1.29 is 23.1 Å². The molecule has 7 heteroatoms. The summed E-state index contributed by atoms with van der Waals surface area (Å²) in [6.07, 6.45) is 3.15. The van der Waals surface area contributed by atoms with Crippen LogP contribution in [-0.4, -0.2) is 36.4 Å². The highest BCUT2D eigenvalue weighted by atomic mass is 19.3. The fraction of sp³-hybridized carbons (Fsp3) is 0.600. The Bertz CT molecular complexity index is 631. The largest absolute Gasteiger partial charge is 0.434 e. The van der Waals surface area contributed by atoms with Gasteiger partial charge in [-0.15, -0.1) is 0 Å². The highest BCUT2D eigenvalue weighted by molar-refractivity contribution is 5.80. The minimum atomic E-state index is -2.91. The molecule has 150 valence electrons. The first-order chi connectivity index (χ1) is 13.0. The predicted octanol–water partition coefficient (Wildman–Crippen LogP) is 3.89. The molecule has 0 aromatic heterocycles. The number of ether oxygens (including phenoxy) is 1. The maximum atomic E-state index is 12.7. The minimum Gasteiger partial charge on any atom is -0.434 e. The van der Waals surface area contributed by atoms with Crippen molar-refractivity contribution in [3.05, 3.63) is 29.8 Å². The molecule has 5 nitrogen and oxygen atoms in total. The van der Waals surface area contributed by atoms with Crippen LogP contribution in [0.3, 0.4) is 0 Å². The second-order valence-corrected chi connectivity index (χ2v) is 6.79. The van der Waals surface area contributed by atoms with Crippen LogP contribution in [0, 0.1) is 5.92 Å². The Hall–Kier alpha value is -2.18. The van der Waals surface area contributed by atoms with Gasteiger partial charge in [-0.3, -0.25) is 9.59 Å². The van der Waals surface area contributed by atoms with E-state index >= 15 is 0 Å². The van der Waals surface area contributed by atoms with Crippen LogP contribution < -0.4 is 10.1 Å². The van der Waals surface area contributed by atoms with Gasteiger partial charge in [-0.1, -0.05) is 32.0 Å². The summed E-state index contributed by atoms with van der Waals surface area (Å²) in [5.74, 6) is -0.0512. The molecule has 1 aromatic rings. The number of hydrogen-bond donors (Lipinski definition) is 1. The minimum absolute atomic E-state index is 0.0830. The first kappa shape index (κ1) is 21.1. The number of alkyl halides is 2. The highest BCUT2D eigenvalue weighted by Crippen LogP contribution is 2.29. The van der Waals surface area contributed by atoms with Crippen molar-refractivity contribution in [2.45, 2.75) is 58.6 Å². The molecule has 0 saturated carbocycles. The Morgan fingerprint density at radius 3 is 2.48 bits per heavy atom. The van der Waals surface area contributed by atoms with Crippen LogP contribution >= 0.6 is 0 Å². The summed E-state index contributed by atoms with van der Waals surface area (Å²) in [5.41, 5.74) is 0.546. The number of likely N-dealkylation sites (tertiary alicyclic amines) is 1. The summed E-state index contributed by atoms with van der Waals surface area (Å²) in [6.45, 7) is 2.11. The van der Waals surface area contributed by atoms with Gasteiger partial charge in [-0.05, 0) is 31.7 Å². The third kappa shape index (κ3) is 5.91. The number of piperidine rings is 1. The molecule has 1 aliphatic rings. The smallest absolute Gasteiger partial charge is 0.387 e. The van der Waals surface area contributed by atoms with E-state index in [2.05, 4.69) is 10.1 Å². The fourth-order valence-corrected chi connectivity index (χ4v) is 3.42. The predicted molar refractivity (Wildman–Crippen MR) is 98.5 cm³/mol. The summed E-state index contributed by atoms with van der Waals surface area (Å²) < 4.78 is 29.9. The van der Waals surface area contributed by atoms with Crippen molar-refractivity contribution in [2.75, 3.05) is 13.1 Å². The number of nitrogens with zero attached hydrogens (tertiary/aromatic N) is 1. The average Bonchev–Trinajstić information content (AvgIpc) is 2.66. The second kappa shape index (κ2) is 10.2. The zero-order valence-electron chi connectivity index (χ0n) is 15.9. The lowest BCUT2D eigenvalue weighted by molar-refractivity contribution is -0.135. The van der Waals surface area contributed by atoms with Gasteiger partial charge in [0.1, 0.15) is 5.75 Å². The van der Waals surface area contributed by atoms with Crippen LogP contribution in [0.2, 0.25) is 0 Å². The van der Waals surface area contributed by atoms with Gasteiger partial charge in [0.05, 0.1) is 6.04 Å². The van der Waals surface area contributed by atoms with Crippen molar-refractivity contribution in [1.29, 1.82) is 0 Å². The van der Waals surface area contributed by atoms with Gasteiger partial charge in [0, 0.05) is 31.0 Å². The van der Waals surface area contributed by atoms with E-state index < -0.39 is 12.7 Å². The highest BCUT2D eigenvalue weighted by Gasteiger charge is 2.29. The van der Waals surface area contributed by atoms with Gasteiger partial charge in [0.25, 0.3) is 0 Å². The van der Waals surface area contributed by atoms with Crippen LogP contribution in [0.15, 0.2) is 24.3 Å². The van der Waals surface area contributed by atoms with Gasteiger partial charge in [-0.2, -0.15) is 8.78 Å². The third-order valence-corrected chi connectivity index (χ3v) is 4.92. The van der Waals surface area contributed by atoms with Crippen LogP contribution in [-0.2, 0) is 9.59 Å². The summed E-state index contributed by atoms with van der Waals surface area (Å²) in [5, 5.41) is 2.97. The van der Waals surface area contributed by atoms with E-state index in [4.69, 9.17) is 0 Å². The third-order valence-electron chi connectivity index (χ3n) is 4.92. The number of rotatable bonds is 8. The molecular weight excluding hydrogens is 354 g/mol. The monoisotopic (exact) mass is 382 g/mol. The first-order valence-corrected chi connectivity index (χ1v) is 9.58. The number of hydrogen-bond acceptors (Lipinski definition) is 3. The normalized spacial score (nSPS) is 16.3. The molecule has 1 aromatic carbocycles. The number of nitrogens with one attached hydrogen (secondary N) is 1. The zero-order valence-corrected chi connectivity index (χ0v) is 15.9. The van der Waals surface area contributed by atoms with Gasteiger partial charge >= 0.3 is 6.61 Å². The first-order valence-electron chi connectivity index (χ1n) is 9.58. The molecule has 2 rings (SSSR count). The number of halogens is 2. The van der Waals surface area contributed by atoms with Crippen LogP contribution in [0.5, 0.6) is 5.75 Å². The van der Waals surface area contributed by atoms with Crippen molar-refractivity contribution in [2.24, 2.45) is 5.92 Å². The standard InChI is InChI=1S/C20H28F2N2O3/c1-3-7-18(25)24-12-10-14(11-13-24)19(26)23-16(4-2)15-8-5-6-9-17(15)27-20(21)22/h5-6,8-9,14,16,20H,3-4,7,10-13H2,1-2H3,(H,23,26). The Morgan fingerprint density at radius 1 is 1.22 bits per heavy atom. The molecule has 1 N–H and O–H groups in total. The van der Waals surface area contributed by atoms with Crippen molar-refractivity contribution >= 4 is 11.8 Å². The molecule has 1 saturated heterocycles. The van der Waals surface area contributed by atoms with E-state index in [9.17, 15) is 18.4 Å². The summed E-state index contributed by atoms with van der Waals surface area (Å²) in [6, 6.07) is 6.14.